The monoisotopic (exact) mass is 299 g/mol. The third kappa shape index (κ3) is 5.04. The normalized spacial score (nSPS) is 19.1. The van der Waals surface area contributed by atoms with Crippen molar-refractivity contribution in [3.8, 4) is 0 Å². The summed E-state index contributed by atoms with van der Waals surface area (Å²) in [6, 6.07) is 7.54. The number of aliphatic hydroxyl groups is 2. The lowest BCUT2D eigenvalue weighted by molar-refractivity contribution is -0.00242. The second-order valence-corrected chi connectivity index (χ2v) is 5.70. The van der Waals surface area contributed by atoms with Crippen molar-refractivity contribution in [2.45, 2.75) is 31.7 Å². The highest BCUT2D eigenvalue weighted by Gasteiger charge is 2.19. The summed E-state index contributed by atoms with van der Waals surface area (Å²) >= 11 is 6.03. The molecule has 0 spiro atoms. The number of β-amino-alcohol motifs (C(OH)–C–C–N with tert-alkyl or cyclic N) is 1. The van der Waals surface area contributed by atoms with Crippen molar-refractivity contribution < 1.29 is 14.9 Å². The van der Waals surface area contributed by atoms with E-state index < -0.39 is 6.10 Å². The SMILES string of the molecule is OC1CCN(CC(O)COCc2ccccc2Cl)CC1. The predicted octanol–water partition coefficient (Wildman–Crippen LogP) is 1.67. The smallest absolute Gasteiger partial charge is 0.0900 e. The molecule has 1 aliphatic rings. The van der Waals surface area contributed by atoms with Gasteiger partial charge in [-0.15, -0.1) is 0 Å². The van der Waals surface area contributed by atoms with E-state index in [4.69, 9.17) is 16.3 Å². The summed E-state index contributed by atoms with van der Waals surface area (Å²) < 4.78 is 5.51. The zero-order valence-corrected chi connectivity index (χ0v) is 12.3. The van der Waals surface area contributed by atoms with E-state index in [1.807, 2.05) is 24.3 Å². The van der Waals surface area contributed by atoms with E-state index in [0.717, 1.165) is 31.5 Å². The van der Waals surface area contributed by atoms with Gasteiger partial charge < -0.3 is 19.8 Å². The van der Waals surface area contributed by atoms with Crippen LogP contribution in [-0.4, -0.2) is 53.6 Å². The van der Waals surface area contributed by atoms with E-state index in [2.05, 4.69) is 4.90 Å². The van der Waals surface area contributed by atoms with Crippen LogP contribution >= 0.6 is 11.6 Å². The first-order valence-corrected chi connectivity index (χ1v) is 7.42. The van der Waals surface area contributed by atoms with E-state index in [1.165, 1.54) is 0 Å². The van der Waals surface area contributed by atoms with Crippen molar-refractivity contribution in [1.82, 2.24) is 4.90 Å². The van der Waals surface area contributed by atoms with Crippen LogP contribution in [-0.2, 0) is 11.3 Å². The highest BCUT2D eigenvalue weighted by molar-refractivity contribution is 6.31. The lowest BCUT2D eigenvalue weighted by Crippen LogP contribution is -2.41. The highest BCUT2D eigenvalue weighted by Crippen LogP contribution is 2.16. The molecule has 2 rings (SSSR count). The molecule has 5 heteroatoms. The van der Waals surface area contributed by atoms with Crippen LogP contribution in [0.15, 0.2) is 24.3 Å². The second-order valence-electron chi connectivity index (χ2n) is 5.29. The predicted molar refractivity (Wildman–Crippen MR) is 78.8 cm³/mol. The van der Waals surface area contributed by atoms with Crippen LogP contribution in [0.5, 0.6) is 0 Å². The van der Waals surface area contributed by atoms with Crippen molar-refractivity contribution in [3.63, 3.8) is 0 Å². The molecule has 0 aliphatic carbocycles. The van der Waals surface area contributed by atoms with E-state index >= 15 is 0 Å². The summed E-state index contributed by atoms with van der Waals surface area (Å²) in [5.74, 6) is 0. The Morgan fingerprint density at radius 2 is 2.00 bits per heavy atom. The summed E-state index contributed by atoms with van der Waals surface area (Å²) in [5, 5.41) is 20.1. The number of likely N-dealkylation sites (tertiary alicyclic amines) is 1. The van der Waals surface area contributed by atoms with Gasteiger partial charge in [-0.05, 0) is 24.5 Å². The fourth-order valence-electron chi connectivity index (χ4n) is 2.37. The Morgan fingerprint density at radius 1 is 1.30 bits per heavy atom. The van der Waals surface area contributed by atoms with Gasteiger partial charge in [0.05, 0.1) is 25.4 Å². The fraction of sp³-hybridized carbons (Fsp3) is 0.600. The van der Waals surface area contributed by atoms with E-state index in [-0.39, 0.29) is 6.10 Å². The van der Waals surface area contributed by atoms with Crippen molar-refractivity contribution >= 4 is 11.6 Å². The van der Waals surface area contributed by atoms with Crippen LogP contribution < -0.4 is 0 Å². The summed E-state index contributed by atoms with van der Waals surface area (Å²) in [4.78, 5) is 2.16. The van der Waals surface area contributed by atoms with Crippen LogP contribution in [0.1, 0.15) is 18.4 Å². The van der Waals surface area contributed by atoms with Gasteiger partial charge >= 0.3 is 0 Å². The minimum absolute atomic E-state index is 0.181. The van der Waals surface area contributed by atoms with Gasteiger partial charge in [-0.2, -0.15) is 0 Å². The molecule has 1 atom stereocenters. The minimum Gasteiger partial charge on any atom is -0.393 e. The van der Waals surface area contributed by atoms with Gasteiger partial charge in [-0.3, -0.25) is 0 Å². The Morgan fingerprint density at radius 3 is 2.70 bits per heavy atom. The minimum atomic E-state index is -0.507. The maximum atomic E-state index is 9.95. The number of hydrogen-bond acceptors (Lipinski definition) is 4. The summed E-state index contributed by atoms with van der Waals surface area (Å²) in [6.07, 6.45) is 0.882. The average Bonchev–Trinajstić information content (AvgIpc) is 2.43. The molecule has 0 bridgehead atoms. The van der Waals surface area contributed by atoms with E-state index in [9.17, 15) is 10.2 Å². The first kappa shape index (κ1) is 15.7. The van der Waals surface area contributed by atoms with Crippen molar-refractivity contribution in [2.24, 2.45) is 0 Å². The van der Waals surface area contributed by atoms with Crippen LogP contribution in [0.3, 0.4) is 0 Å². The first-order chi connectivity index (χ1) is 9.65. The number of aliphatic hydroxyl groups excluding tert-OH is 2. The third-order valence-electron chi connectivity index (χ3n) is 3.55. The Bertz CT molecular complexity index is 408. The van der Waals surface area contributed by atoms with Gasteiger partial charge in [-0.25, -0.2) is 0 Å². The molecule has 20 heavy (non-hydrogen) atoms. The standard InChI is InChI=1S/C15H22ClNO3/c16-15-4-2-1-3-12(15)10-20-11-14(19)9-17-7-5-13(18)6-8-17/h1-4,13-14,18-19H,5-11H2. The maximum absolute atomic E-state index is 9.95. The summed E-state index contributed by atoms with van der Waals surface area (Å²) in [6.45, 7) is 2.97. The van der Waals surface area contributed by atoms with Crippen molar-refractivity contribution in [1.29, 1.82) is 0 Å². The molecule has 1 aromatic rings. The van der Waals surface area contributed by atoms with Gasteiger partial charge in [0, 0.05) is 24.7 Å². The Hall–Kier alpha value is -0.650. The Labute approximate surface area is 124 Å². The molecule has 0 saturated carbocycles. The lowest BCUT2D eigenvalue weighted by Gasteiger charge is -2.30. The van der Waals surface area contributed by atoms with Crippen LogP contribution in [0.4, 0.5) is 0 Å². The molecule has 1 unspecified atom stereocenters. The molecular weight excluding hydrogens is 278 g/mol. The summed E-state index contributed by atoms with van der Waals surface area (Å²) in [5.41, 5.74) is 0.933. The molecule has 0 aromatic heterocycles. The number of benzene rings is 1. The second kappa shape index (κ2) is 7.96. The van der Waals surface area contributed by atoms with Crippen LogP contribution in [0.25, 0.3) is 0 Å². The zero-order valence-electron chi connectivity index (χ0n) is 11.5. The summed E-state index contributed by atoms with van der Waals surface area (Å²) in [7, 11) is 0. The van der Waals surface area contributed by atoms with Gasteiger partial charge in [0.25, 0.3) is 0 Å². The first-order valence-electron chi connectivity index (χ1n) is 7.05. The topological polar surface area (TPSA) is 52.9 Å². The fourth-order valence-corrected chi connectivity index (χ4v) is 2.56. The number of hydrogen-bond donors (Lipinski definition) is 2. The maximum Gasteiger partial charge on any atom is 0.0900 e. The largest absolute Gasteiger partial charge is 0.393 e. The average molecular weight is 300 g/mol. The molecule has 112 valence electrons. The van der Waals surface area contributed by atoms with Gasteiger partial charge in [-0.1, -0.05) is 29.8 Å². The van der Waals surface area contributed by atoms with Crippen molar-refractivity contribution in [2.75, 3.05) is 26.2 Å². The number of halogens is 1. The molecule has 1 aliphatic heterocycles. The van der Waals surface area contributed by atoms with Gasteiger partial charge in [0.2, 0.25) is 0 Å². The molecule has 4 nitrogen and oxygen atoms in total. The Balaban J connectivity index is 1.65. The number of nitrogens with zero attached hydrogens (tertiary/aromatic N) is 1. The molecule has 1 saturated heterocycles. The highest BCUT2D eigenvalue weighted by atomic mass is 35.5. The zero-order chi connectivity index (χ0) is 14.4. The quantitative estimate of drug-likeness (QED) is 0.839. The molecule has 0 amide bonds. The van der Waals surface area contributed by atoms with Gasteiger partial charge in [0.15, 0.2) is 0 Å². The molecule has 1 heterocycles. The van der Waals surface area contributed by atoms with E-state index in [1.54, 1.807) is 0 Å². The number of rotatable bonds is 6. The molecule has 1 aromatic carbocycles. The third-order valence-corrected chi connectivity index (χ3v) is 3.92. The molecule has 1 fully saturated rings. The number of ether oxygens (including phenoxy) is 1. The van der Waals surface area contributed by atoms with Crippen LogP contribution in [0, 0.1) is 0 Å². The van der Waals surface area contributed by atoms with E-state index in [0.29, 0.717) is 24.8 Å². The molecule has 0 radical (unpaired) electrons. The molecular formula is C15H22ClNO3. The number of piperidine rings is 1. The van der Waals surface area contributed by atoms with Gasteiger partial charge in [0.1, 0.15) is 0 Å². The Kier molecular flexibility index (Phi) is 6.26. The lowest BCUT2D eigenvalue weighted by atomic mass is 10.1. The molecule has 2 N–H and O–H groups in total. The van der Waals surface area contributed by atoms with Crippen LogP contribution in [0.2, 0.25) is 5.02 Å². The van der Waals surface area contributed by atoms with Crippen molar-refractivity contribution in [3.05, 3.63) is 34.9 Å².